The number of nitrogens with one attached hydrogen (secondary N) is 1. The molecule has 2 rings (SSSR count). The maximum Gasteiger partial charge on any atom is 0.234 e. The first-order chi connectivity index (χ1) is 10.5. The average molecular weight is 443 g/mol. The van der Waals surface area contributed by atoms with Gasteiger partial charge < -0.3 is 5.32 Å². The summed E-state index contributed by atoms with van der Waals surface area (Å²) in [6.07, 6.45) is 0. The highest BCUT2D eigenvalue weighted by atomic mass is 79.9. The van der Waals surface area contributed by atoms with Crippen molar-refractivity contribution in [3.8, 4) is 0 Å². The Balaban J connectivity index is 1.90. The summed E-state index contributed by atoms with van der Waals surface area (Å²) in [7, 11) is 0. The maximum atomic E-state index is 12.1. The normalized spacial score (nSPS) is 10.5. The number of aryl methyl sites for hydroxylation is 2. The number of amides is 1. The molecule has 2 aromatic carbocycles. The van der Waals surface area contributed by atoms with Gasteiger partial charge in [-0.1, -0.05) is 24.3 Å². The summed E-state index contributed by atoms with van der Waals surface area (Å²) in [5.41, 5.74) is 4.45. The number of carbonyl (C=O) groups is 1. The summed E-state index contributed by atoms with van der Waals surface area (Å²) in [5.74, 6) is 1.28. The van der Waals surface area contributed by atoms with E-state index in [2.05, 4.69) is 56.2 Å². The van der Waals surface area contributed by atoms with Crippen LogP contribution in [0.2, 0.25) is 0 Å². The van der Waals surface area contributed by atoms with Crippen molar-refractivity contribution in [2.24, 2.45) is 0 Å². The number of hydrogen-bond donors (Lipinski definition) is 1. The summed E-state index contributed by atoms with van der Waals surface area (Å²) >= 11 is 8.60. The second-order valence-electron chi connectivity index (χ2n) is 5.07. The van der Waals surface area contributed by atoms with Crippen molar-refractivity contribution in [2.45, 2.75) is 19.6 Å². The van der Waals surface area contributed by atoms with E-state index in [4.69, 9.17) is 0 Å². The Kier molecular flexibility index (Phi) is 6.53. The van der Waals surface area contributed by atoms with E-state index in [9.17, 15) is 4.79 Å². The lowest BCUT2D eigenvalue weighted by Gasteiger charge is -2.11. The molecule has 0 aromatic heterocycles. The molecule has 2 nitrogen and oxygen atoms in total. The first-order valence-electron chi connectivity index (χ1n) is 6.85. The number of anilines is 1. The minimum atomic E-state index is 0.00355. The Morgan fingerprint density at radius 3 is 2.41 bits per heavy atom. The fraction of sp³-hybridized carbons (Fsp3) is 0.235. The molecule has 0 fully saturated rings. The molecule has 0 spiro atoms. The minimum Gasteiger partial charge on any atom is -0.323 e. The first-order valence-corrected chi connectivity index (χ1v) is 9.59. The van der Waals surface area contributed by atoms with Gasteiger partial charge in [0.05, 0.1) is 11.4 Å². The van der Waals surface area contributed by atoms with E-state index in [1.165, 1.54) is 11.1 Å². The van der Waals surface area contributed by atoms with Gasteiger partial charge in [0.15, 0.2) is 0 Å². The largest absolute Gasteiger partial charge is 0.323 e. The first kappa shape index (κ1) is 17.6. The Labute approximate surface area is 152 Å². The van der Waals surface area contributed by atoms with Gasteiger partial charge in [-0.3, -0.25) is 4.79 Å². The van der Waals surface area contributed by atoms with Crippen molar-refractivity contribution in [1.29, 1.82) is 0 Å². The highest BCUT2D eigenvalue weighted by molar-refractivity contribution is 9.11. The maximum absolute atomic E-state index is 12.1. The molecule has 22 heavy (non-hydrogen) atoms. The van der Waals surface area contributed by atoms with Gasteiger partial charge in [0.2, 0.25) is 5.91 Å². The lowest BCUT2D eigenvalue weighted by atomic mass is 10.1. The zero-order chi connectivity index (χ0) is 16.1. The molecule has 0 bridgehead atoms. The van der Waals surface area contributed by atoms with E-state index in [0.29, 0.717) is 5.75 Å². The van der Waals surface area contributed by atoms with Gasteiger partial charge in [-0.05, 0) is 74.5 Å². The van der Waals surface area contributed by atoms with Crippen LogP contribution in [-0.2, 0) is 10.5 Å². The molecule has 2 aromatic rings. The smallest absolute Gasteiger partial charge is 0.234 e. The SMILES string of the molecule is Cc1cc(Br)c(NC(=O)CSCc2ccccc2C)c(Br)c1. The molecule has 0 saturated carbocycles. The van der Waals surface area contributed by atoms with E-state index in [1.54, 1.807) is 11.8 Å². The van der Waals surface area contributed by atoms with Crippen molar-refractivity contribution in [1.82, 2.24) is 0 Å². The van der Waals surface area contributed by atoms with Gasteiger partial charge in [-0.15, -0.1) is 11.8 Å². The summed E-state index contributed by atoms with van der Waals surface area (Å²) in [5, 5.41) is 2.95. The number of thioether (sulfide) groups is 1. The van der Waals surface area contributed by atoms with Crippen LogP contribution in [0.5, 0.6) is 0 Å². The van der Waals surface area contributed by atoms with Crippen LogP contribution < -0.4 is 5.32 Å². The molecular formula is C17H17Br2NOS. The molecule has 5 heteroatoms. The lowest BCUT2D eigenvalue weighted by molar-refractivity contribution is -0.113. The molecule has 0 atom stereocenters. The van der Waals surface area contributed by atoms with Crippen molar-refractivity contribution >= 4 is 55.2 Å². The van der Waals surface area contributed by atoms with Gasteiger partial charge in [-0.25, -0.2) is 0 Å². The summed E-state index contributed by atoms with van der Waals surface area (Å²) in [6, 6.07) is 12.2. The lowest BCUT2D eigenvalue weighted by Crippen LogP contribution is -2.15. The monoisotopic (exact) mass is 441 g/mol. The quantitative estimate of drug-likeness (QED) is 0.643. The summed E-state index contributed by atoms with van der Waals surface area (Å²) in [4.78, 5) is 12.1. The standard InChI is InChI=1S/C17H17Br2NOS/c1-11-7-14(18)17(15(19)8-11)20-16(21)10-22-9-13-6-4-3-5-12(13)2/h3-8H,9-10H2,1-2H3,(H,20,21). The third kappa shape index (κ3) is 4.86. The topological polar surface area (TPSA) is 29.1 Å². The molecule has 0 unspecified atom stereocenters. The van der Waals surface area contributed by atoms with Crippen LogP contribution in [0.3, 0.4) is 0 Å². The predicted octanol–water partition coefficient (Wildman–Crippen LogP) is 5.70. The highest BCUT2D eigenvalue weighted by Crippen LogP contribution is 2.32. The molecule has 0 aliphatic heterocycles. The van der Waals surface area contributed by atoms with Crippen molar-refractivity contribution in [3.63, 3.8) is 0 Å². The van der Waals surface area contributed by atoms with Gasteiger partial charge >= 0.3 is 0 Å². The van der Waals surface area contributed by atoms with Crippen LogP contribution in [0.25, 0.3) is 0 Å². The predicted molar refractivity (Wildman–Crippen MR) is 103 cm³/mol. The fourth-order valence-electron chi connectivity index (χ4n) is 2.02. The molecular weight excluding hydrogens is 426 g/mol. The average Bonchev–Trinajstić information content (AvgIpc) is 2.45. The van der Waals surface area contributed by atoms with Crippen LogP contribution in [0.15, 0.2) is 45.3 Å². The third-order valence-electron chi connectivity index (χ3n) is 3.20. The molecule has 0 aliphatic rings. The van der Waals surface area contributed by atoms with Crippen LogP contribution in [0, 0.1) is 13.8 Å². The molecule has 0 heterocycles. The van der Waals surface area contributed by atoms with Crippen LogP contribution in [0.1, 0.15) is 16.7 Å². The van der Waals surface area contributed by atoms with Gasteiger partial charge in [0.25, 0.3) is 0 Å². The summed E-state index contributed by atoms with van der Waals surface area (Å²) < 4.78 is 1.77. The highest BCUT2D eigenvalue weighted by Gasteiger charge is 2.10. The number of halogens is 2. The third-order valence-corrected chi connectivity index (χ3v) is 5.44. The van der Waals surface area contributed by atoms with Crippen molar-refractivity contribution < 1.29 is 4.79 Å². The van der Waals surface area contributed by atoms with E-state index in [1.807, 2.05) is 31.2 Å². The van der Waals surface area contributed by atoms with E-state index >= 15 is 0 Å². The van der Waals surface area contributed by atoms with Crippen LogP contribution in [0.4, 0.5) is 5.69 Å². The zero-order valence-electron chi connectivity index (χ0n) is 12.5. The number of rotatable bonds is 5. The molecule has 0 saturated heterocycles. The minimum absolute atomic E-state index is 0.00355. The molecule has 0 aliphatic carbocycles. The second kappa shape index (κ2) is 8.18. The van der Waals surface area contributed by atoms with E-state index in [0.717, 1.165) is 25.9 Å². The van der Waals surface area contributed by atoms with E-state index in [-0.39, 0.29) is 5.91 Å². The van der Waals surface area contributed by atoms with Crippen LogP contribution >= 0.6 is 43.6 Å². The second-order valence-corrected chi connectivity index (χ2v) is 7.77. The molecule has 0 radical (unpaired) electrons. The summed E-state index contributed by atoms with van der Waals surface area (Å²) in [6.45, 7) is 4.11. The number of benzene rings is 2. The van der Waals surface area contributed by atoms with Gasteiger partial charge in [0, 0.05) is 14.7 Å². The van der Waals surface area contributed by atoms with Crippen LogP contribution in [-0.4, -0.2) is 11.7 Å². The Morgan fingerprint density at radius 1 is 1.14 bits per heavy atom. The van der Waals surface area contributed by atoms with E-state index < -0.39 is 0 Å². The number of carbonyl (C=O) groups excluding carboxylic acids is 1. The Hall–Kier alpha value is -0.780. The zero-order valence-corrected chi connectivity index (χ0v) is 16.4. The van der Waals surface area contributed by atoms with Gasteiger partial charge in [-0.2, -0.15) is 0 Å². The number of hydrogen-bond acceptors (Lipinski definition) is 2. The molecule has 1 N–H and O–H groups in total. The fourth-order valence-corrected chi connectivity index (χ4v) is 4.54. The molecule has 116 valence electrons. The van der Waals surface area contributed by atoms with Crippen molar-refractivity contribution in [2.75, 3.05) is 11.1 Å². The Bertz CT molecular complexity index is 665. The Morgan fingerprint density at radius 2 is 1.77 bits per heavy atom. The van der Waals surface area contributed by atoms with Gasteiger partial charge in [0.1, 0.15) is 0 Å². The van der Waals surface area contributed by atoms with Crippen molar-refractivity contribution in [3.05, 3.63) is 62.0 Å². The molecule has 1 amide bonds.